The second kappa shape index (κ2) is 8.79. The van der Waals surface area contributed by atoms with E-state index in [1.165, 1.54) is 18.4 Å². The van der Waals surface area contributed by atoms with E-state index in [0.717, 1.165) is 25.1 Å². The summed E-state index contributed by atoms with van der Waals surface area (Å²) in [6, 6.07) is 19.8. The number of hydrogen-bond donors (Lipinski definition) is 2. The van der Waals surface area contributed by atoms with Gasteiger partial charge < -0.3 is 11.1 Å². The van der Waals surface area contributed by atoms with Crippen LogP contribution in [0.5, 0.6) is 0 Å². The number of rotatable bonds is 6. The molecule has 3 rings (SSSR count). The zero-order valence-electron chi connectivity index (χ0n) is 14.6. The Morgan fingerprint density at radius 1 is 1.08 bits per heavy atom. The minimum atomic E-state index is -0.604. The molecule has 4 nitrogen and oxygen atoms in total. The maximum atomic E-state index is 12.4. The summed E-state index contributed by atoms with van der Waals surface area (Å²) in [5.41, 5.74) is 8.26. The van der Waals surface area contributed by atoms with Crippen molar-refractivity contribution < 1.29 is 4.79 Å². The molecular weight excluding hydrogens is 310 g/mol. The highest BCUT2D eigenvalue weighted by Gasteiger charge is 2.24. The second-order valence-corrected chi connectivity index (χ2v) is 6.74. The van der Waals surface area contributed by atoms with Gasteiger partial charge in [-0.3, -0.25) is 9.69 Å². The molecule has 132 valence electrons. The molecule has 0 spiro atoms. The van der Waals surface area contributed by atoms with Gasteiger partial charge in [-0.05, 0) is 30.5 Å². The van der Waals surface area contributed by atoms with Gasteiger partial charge >= 0.3 is 0 Å². The van der Waals surface area contributed by atoms with Crippen molar-refractivity contribution in [1.82, 2.24) is 10.2 Å². The smallest absolute Gasteiger partial charge is 0.241 e. The lowest BCUT2D eigenvalue weighted by Gasteiger charge is -2.36. The second-order valence-electron chi connectivity index (χ2n) is 6.74. The molecule has 1 aliphatic rings. The van der Waals surface area contributed by atoms with Crippen LogP contribution in [0.4, 0.5) is 0 Å². The number of carbonyl (C=O) groups excluding carboxylic acids is 1. The zero-order valence-corrected chi connectivity index (χ0v) is 14.6. The van der Waals surface area contributed by atoms with E-state index >= 15 is 0 Å². The van der Waals surface area contributed by atoms with E-state index in [2.05, 4.69) is 34.5 Å². The first-order valence-corrected chi connectivity index (χ1v) is 9.10. The molecule has 1 amide bonds. The topological polar surface area (TPSA) is 58.4 Å². The van der Waals surface area contributed by atoms with Gasteiger partial charge in [0.2, 0.25) is 5.91 Å². The van der Waals surface area contributed by atoms with Gasteiger partial charge in [-0.2, -0.15) is 0 Å². The Morgan fingerprint density at radius 2 is 1.76 bits per heavy atom. The first-order chi connectivity index (χ1) is 12.2. The number of likely N-dealkylation sites (tertiary alicyclic amines) is 1. The van der Waals surface area contributed by atoms with Gasteiger partial charge in [-0.25, -0.2) is 0 Å². The molecule has 0 radical (unpaired) electrons. The molecule has 0 aliphatic carbocycles. The number of nitrogens with one attached hydrogen (secondary N) is 1. The van der Waals surface area contributed by atoms with Crippen LogP contribution in [0.1, 0.15) is 36.4 Å². The highest BCUT2D eigenvalue weighted by atomic mass is 16.2. The van der Waals surface area contributed by atoms with Crippen LogP contribution in [0.2, 0.25) is 0 Å². The summed E-state index contributed by atoms with van der Waals surface area (Å²) in [4.78, 5) is 14.9. The van der Waals surface area contributed by atoms with Crippen molar-refractivity contribution in [2.45, 2.75) is 37.9 Å². The lowest BCUT2D eigenvalue weighted by molar-refractivity contribution is -0.122. The Balaban J connectivity index is 1.55. The van der Waals surface area contributed by atoms with E-state index in [1.54, 1.807) is 0 Å². The third-order valence-corrected chi connectivity index (χ3v) is 4.93. The summed E-state index contributed by atoms with van der Waals surface area (Å²) in [5.74, 6) is -0.101. The van der Waals surface area contributed by atoms with Crippen LogP contribution in [0.3, 0.4) is 0 Å². The number of nitrogens with two attached hydrogens (primary N) is 1. The van der Waals surface area contributed by atoms with Gasteiger partial charge in [-0.15, -0.1) is 0 Å². The van der Waals surface area contributed by atoms with E-state index in [4.69, 9.17) is 5.73 Å². The molecule has 0 saturated carbocycles. The van der Waals surface area contributed by atoms with Crippen molar-refractivity contribution in [2.75, 3.05) is 13.1 Å². The Labute approximate surface area is 150 Å². The largest absolute Gasteiger partial charge is 0.353 e. The summed E-state index contributed by atoms with van der Waals surface area (Å²) in [7, 11) is 0. The SMILES string of the molecule is NC(C(=O)NCC1CCCCN1Cc1ccccc1)c1ccccc1. The average molecular weight is 337 g/mol. The molecule has 1 heterocycles. The maximum Gasteiger partial charge on any atom is 0.241 e. The quantitative estimate of drug-likeness (QED) is 0.852. The Morgan fingerprint density at radius 3 is 2.48 bits per heavy atom. The van der Waals surface area contributed by atoms with Crippen molar-refractivity contribution in [3.8, 4) is 0 Å². The third-order valence-electron chi connectivity index (χ3n) is 4.93. The van der Waals surface area contributed by atoms with Crippen molar-refractivity contribution in [3.05, 3.63) is 71.8 Å². The van der Waals surface area contributed by atoms with Gasteiger partial charge in [0.05, 0.1) is 0 Å². The Bertz CT molecular complexity index is 659. The summed E-state index contributed by atoms with van der Waals surface area (Å²) in [6.45, 7) is 2.68. The van der Waals surface area contributed by atoms with Gasteiger partial charge in [0.15, 0.2) is 0 Å². The predicted molar refractivity (Wildman–Crippen MR) is 101 cm³/mol. The number of amides is 1. The summed E-state index contributed by atoms with van der Waals surface area (Å²) in [5, 5.41) is 3.06. The molecule has 1 aliphatic heterocycles. The fourth-order valence-electron chi connectivity index (χ4n) is 3.46. The lowest BCUT2D eigenvalue weighted by Crippen LogP contribution is -2.47. The molecule has 1 saturated heterocycles. The van der Waals surface area contributed by atoms with Crippen molar-refractivity contribution >= 4 is 5.91 Å². The lowest BCUT2D eigenvalue weighted by atomic mass is 10.0. The normalized spacial score (nSPS) is 19.3. The molecule has 25 heavy (non-hydrogen) atoms. The first-order valence-electron chi connectivity index (χ1n) is 9.10. The molecule has 0 bridgehead atoms. The van der Waals surface area contributed by atoms with Crippen LogP contribution in [-0.4, -0.2) is 29.9 Å². The van der Waals surface area contributed by atoms with E-state index in [0.29, 0.717) is 12.6 Å². The van der Waals surface area contributed by atoms with E-state index in [9.17, 15) is 4.79 Å². The van der Waals surface area contributed by atoms with Gasteiger partial charge in [0.25, 0.3) is 0 Å². The molecular formula is C21H27N3O. The number of benzene rings is 2. The summed E-state index contributed by atoms with van der Waals surface area (Å²) >= 11 is 0. The number of nitrogens with zero attached hydrogens (tertiary/aromatic N) is 1. The molecule has 0 aromatic heterocycles. The molecule has 3 N–H and O–H groups in total. The van der Waals surface area contributed by atoms with Crippen molar-refractivity contribution in [3.63, 3.8) is 0 Å². The maximum absolute atomic E-state index is 12.4. The summed E-state index contributed by atoms with van der Waals surface area (Å²) in [6.07, 6.45) is 3.56. The van der Waals surface area contributed by atoms with E-state index in [-0.39, 0.29) is 5.91 Å². The van der Waals surface area contributed by atoms with Gasteiger partial charge in [0.1, 0.15) is 6.04 Å². The molecule has 4 heteroatoms. The Hall–Kier alpha value is -2.17. The zero-order chi connectivity index (χ0) is 17.5. The van der Waals surface area contributed by atoms with E-state index in [1.807, 2.05) is 36.4 Å². The highest BCUT2D eigenvalue weighted by Crippen LogP contribution is 2.19. The number of hydrogen-bond acceptors (Lipinski definition) is 3. The minimum Gasteiger partial charge on any atom is -0.353 e. The fourth-order valence-corrected chi connectivity index (χ4v) is 3.46. The van der Waals surface area contributed by atoms with Crippen LogP contribution in [-0.2, 0) is 11.3 Å². The third kappa shape index (κ3) is 4.91. The summed E-state index contributed by atoms with van der Waals surface area (Å²) < 4.78 is 0. The van der Waals surface area contributed by atoms with Crippen LogP contribution in [0, 0.1) is 0 Å². The molecule has 2 atom stereocenters. The van der Waals surface area contributed by atoms with Crippen LogP contribution < -0.4 is 11.1 Å². The molecule has 1 fully saturated rings. The van der Waals surface area contributed by atoms with Crippen molar-refractivity contribution in [1.29, 1.82) is 0 Å². The van der Waals surface area contributed by atoms with Crippen LogP contribution in [0.15, 0.2) is 60.7 Å². The van der Waals surface area contributed by atoms with Crippen molar-refractivity contribution in [2.24, 2.45) is 5.73 Å². The first kappa shape index (κ1) is 17.6. The fraction of sp³-hybridized carbons (Fsp3) is 0.381. The monoisotopic (exact) mass is 337 g/mol. The minimum absolute atomic E-state index is 0.101. The Kier molecular flexibility index (Phi) is 6.20. The van der Waals surface area contributed by atoms with Gasteiger partial charge in [-0.1, -0.05) is 67.1 Å². The standard InChI is InChI=1S/C21H27N3O/c22-20(18-11-5-2-6-12-18)21(25)23-15-19-13-7-8-14-24(19)16-17-9-3-1-4-10-17/h1-6,9-12,19-20H,7-8,13-16,22H2,(H,23,25). The predicted octanol–water partition coefficient (Wildman–Crippen LogP) is 2.86. The highest BCUT2D eigenvalue weighted by molar-refractivity contribution is 5.82. The van der Waals surface area contributed by atoms with Gasteiger partial charge in [0, 0.05) is 19.1 Å². The molecule has 2 aromatic carbocycles. The number of piperidine rings is 1. The molecule has 2 aromatic rings. The molecule has 2 unspecified atom stereocenters. The van der Waals surface area contributed by atoms with Crippen LogP contribution >= 0.6 is 0 Å². The van der Waals surface area contributed by atoms with Crippen LogP contribution in [0.25, 0.3) is 0 Å². The average Bonchev–Trinajstić information content (AvgIpc) is 2.68. The number of carbonyl (C=O) groups is 1. The van der Waals surface area contributed by atoms with E-state index < -0.39 is 6.04 Å².